The van der Waals surface area contributed by atoms with E-state index in [9.17, 15) is 4.79 Å². The van der Waals surface area contributed by atoms with Crippen LogP contribution in [0.5, 0.6) is 5.75 Å². The van der Waals surface area contributed by atoms with Gasteiger partial charge in [0.25, 0.3) is 5.91 Å². The van der Waals surface area contributed by atoms with Crippen molar-refractivity contribution in [3.63, 3.8) is 0 Å². The molecule has 1 amide bonds. The van der Waals surface area contributed by atoms with E-state index >= 15 is 0 Å². The molecule has 0 aliphatic carbocycles. The van der Waals surface area contributed by atoms with Gasteiger partial charge in [-0.3, -0.25) is 4.79 Å². The molecule has 160 valence electrons. The number of anilines is 1. The molecule has 7 nitrogen and oxygen atoms in total. The van der Waals surface area contributed by atoms with Gasteiger partial charge in [-0.2, -0.15) is 9.61 Å². The molecule has 0 bridgehead atoms. The molecule has 1 N–H and O–H groups in total. The number of benzene rings is 2. The van der Waals surface area contributed by atoms with Crippen LogP contribution in [0, 0.1) is 6.92 Å². The molecule has 2 aromatic carbocycles. The Balaban J connectivity index is 1.53. The van der Waals surface area contributed by atoms with Gasteiger partial charge in [-0.15, -0.1) is 10.2 Å². The van der Waals surface area contributed by atoms with E-state index in [1.165, 1.54) is 11.3 Å². The van der Waals surface area contributed by atoms with Crippen LogP contribution in [0.4, 0.5) is 5.69 Å². The topological polar surface area (TPSA) is 81.4 Å². The van der Waals surface area contributed by atoms with E-state index < -0.39 is 6.10 Å². The summed E-state index contributed by atoms with van der Waals surface area (Å²) in [6.07, 6.45) is -0.0159. The zero-order valence-electron chi connectivity index (χ0n) is 17.0. The van der Waals surface area contributed by atoms with Crippen molar-refractivity contribution >= 4 is 51.1 Å². The minimum absolute atomic E-state index is 0.294. The zero-order chi connectivity index (χ0) is 22.1. The second-order valence-electron chi connectivity index (χ2n) is 6.93. The van der Waals surface area contributed by atoms with Gasteiger partial charge in [0.1, 0.15) is 10.8 Å². The monoisotopic (exact) mass is 475 g/mol. The van der Waals surface area contributed by atoms with Crippen molar-refractivity contribution < 1.29 is 9.53 Å². The van der Waals surface area contributed by atoms with Gasteiger partial charge in [0, 0.05) is 22.7 Å². The highest BCUT2D eigenvalue weighted by Gasteiger charge is 2.18. The van der Waals surface area contributed by atoms with E-state index in [-0.39, 0.29) is 5.91 Å². The van der Waals surface area contributed by atoms with Gasteiger partial charge in [0.15, 0.2) is 11.9 Å². The van der Waals surface area contributed by atoms with Gasteiger partial charge >= 0.3 is 0 Å². The van der Waals surface area contributed by atoms with Crippen molar-refractivity contribution in [3.05, 3.63) is 57.8 Å². The summed E-state index contributed by atoms with van der Waals surface area (Å²) >= 11 is 13.5. The van der Waals surface area contributed by atoms with Crippen molar-refractivity contribution in [2.75, 3.05) is 5.32 Å². The number of aryl methyl sites for hydroxylation is 2. The molecule has 0 radical (unpaired) electrons. The molecular formula is C21H19Cl2N5O2S. The van der Waals surface area contributed by atoms with Gasteiger partial charge < -0.3 is 10.1 Å². The highest BCUT2D eigenvalue weighted by molar-refractivity contribution is 7.19. The Labute approximate surface area is 193 Å². The summed E-state index contributed by atoms with van der Waals surface area (Å²) in [7, 11) is 0. The lowest BCUT2D eigenvalue weighted by atomic mass is 10.1. The maximum absolute atomic E-state index is 12.7. The number of amides is 1. The van der Waals surface area contributed by atoms with Crippen LogP contribution in [0.25, 0.3) is 15.5 Å². The Morgan fingerprint density at radius 1 is 1.23 bits per heavy atom. The van der Waals surface area contributed by atoms with E-state index in [0.29, 0.717) is 21.5 Å². The molecule has 10 heteroatoms. The smallest absolute Gasteiger partial charge is 0.265 e. The van der Waals surface area contributed by atoms with E-state index in [1.807, 2.05) is 32.0 Å². The van der Waals surface area contributed by atoms with Crippen LogP contribution in [0.15, 0.2) is 36.4 Å². The Morgan fingerprint density at radius 2 is 2.03 bits per heavy atom. The first-order valence-corrected chi connectivity index (χ1v) is 11.2. The predicted octanol–water partition coefficient (Wildman–Crippen LogP) is 5.44. The number of halogens is 2. The van der Waals surface area contributed by atoms with Crippen LogP contribution in [0.3, 0.4) is 0 Å². The number of nitrogens with one attached hydrogen (secondary N) is 1. The van der Waals surface area contributed by atoms with Crippen LogP contribution in [-0.4, -0.2) is 31.8 Å². The number of nitrogens with zero attached hydrogens (tertiary/aromatic N) is 4. The number of hydrogen-bond acceptors (Lipinski definition) is 6. The van der Waals surface area contributed by atoms with Crippen LogP contribution in [0.1, 0.15) is 25.2 Å². The molecule has 4 aromatic rings. The highest BCUT2D eigenvalue weighted by Crippen LogP contribution is 2.30. The molecule has 0 aliphatic heterocycles. The average molecular weight is 476 g/mol. The molecule has 2 heterocycles. The van der Waals surface area contributed by atoms with Crippen molar-refractivity contribution in [2.24, 2.45) is 0 Å². The number of ether oxygens (including phenoxy) is 1. The number of hydrogen-bond donors (Lipinski definition) is 1. The lowest BCUT2D eigenvalue weighted by Crippen LogP contribution is -2.30. The van der Waals surface area contributed by atoms with Crippen molar-refractivity contribution in [1.82, 2.24) is 19.8 Å². The first-order valence-electron chi connectivity index (χ1n) is 9.60. The summed E-state index contributed by atoms with van der Waals surface area (Å²) in [6, 6.07) is 10.7. The lowest BCUT2D eigenvalue weighted by Gasteiger charge is -2.17. The second kappa shape index (κ2) is 8.82. The van der Waals surface area contributed by atoms with Crippen molar-refractivity contribution in [2.45, 2.75) is 33.3 Å². The molecule has 2 aromatic heterocycles. The summed E-state index contributed by atoms with van der Waals surface area (Å²) < 4.78 is 7.47. The minimum Gasteiger partial charge on any atom is -0.479 e. The van der Waals surface area contributed by atoms with E-state index in [1.54, 1.807) is 29.6 Å². The number of carbonyl (C=O) groups is 1. The van der Waals surface area contributed by atoms with Gasteiger partial charge in [0.2, 0.25) is 4.96 Å². The summed E-state index contributed by atoms with van der Waals surface area (Å²) in [4.78, 5) is 13.5. The van der Waals surface area contributed by atoms with E-state index in [2.05, 4.69) is 20.6 Å². The van der Waals surface area contributed by atoms with E-state index in [4.69, 9.17) is 27.9 Å². The fourth-order valence-electron chi connectivity index (χ4n) is 2.93. The van der Waals surface area contributed by atoms with Crippen LogP contribution < -0.4 is 10.1 Å². The predicted molar refractivity (Wildman–Crippen MR) is 123 cm³/mol. The fraction of sp³-hybridized carbons (Fsp3) is 0.238. The van der Waals surface area contributed by atoms with Crippen molar-refractivity contribution in [3.8, 4) is 16.3 Å². The number of fused-ring (bicyclic) bond motifs is 1. The molecular weight excluding hydrogens is 457 g/mol. The van der Waals surface area contributed by atoms with Gasteiger partial charge in [0.05, 0.1) is 5.02 Å². The van der Waals surface area contributed by atoms with Crippen LogP contribution >= 0.6 is 34.5 Å². The minimum atomic E-state index is -0.761. The van der Waals surface area contributed by atoms with Gasteiger partial charge in [-0.05, 0) is 43.7 Å². The maximum Gasteiger partial charge on any atom is 0.265 e. The Bertz CT molecular complexity index is 1270. The Morgan fingerprint density at radius 3 is 2.77 bits per heavy atom. The number of aromatic nitrogens is 4. The third kappa shape index (κ3) is 4.51. The fourth-order valence-corrected chi connectivity index (χ4v) is 4.24. The standard InChI is InChI=1S/C21H19Cl2N5O2S/c1-4-18-25-26-21-28(18)27-20(31-21)13-6-5-11(2)16(9-13)24-19(29)12(3)30-17-8-7-14(22)10-15(17)23/h5-10,12H,4H2,1-3H3,(H,24,29)/t12-/m0/s1. The SMILES string of the molecule is CCc1nnc2sc(-c3ccc(C)c(NC(=O)[C@H](C)Oc4ccc(Cl)cc4Cl)c3)nn12. The molecule has 0 unspecified atom stereocenters. The number of carbonyl (C=O) groups excluding carboxylic acids is 1. The van der Waals surface area contributed by atoms with E-state index in [0.717, 1.165) is 33.3 Å². The number of rotatable bonds is 6. The first-order chi connectivity index (χ1) is 14.9. The Hall–Kier alpha value is -2.68. The second-order valence-corrected chi connectivity index (χ2v) is 8.72. The first kappa shape index (κ1) is 21.5. The van der Waals surface area contributed by atoms with Gasteiger partial charge in [-0.25, -0.2) is 0 Å². The largest absolute Gasteiger partial charge is 0.479 e. The molecule has 0 saturated carbocycles. The zero-order valence-corrected chi connectivity index (χ0v) is 19.3. The lowest BCUT2D eigenvalue weighted by molar-refractivity contribution is -0.122. The Kier molecular flexibility index (Phi) is 6.13. The average Bonchev–Trinajstić information content (AvgIpc) is 3.32. The third-order valence-electron chi connectivity index (χ3n) is 4.68. The van der Waals surface area contributed by atoms with Crippen molar-refractivity contribution in [1.29, 1.82) is 0 Å². The van der Waals surface area contributed by atoms with Crippen LogP contribution in [0.2, 0.25) is 10.0 Å². The van der Waals surface area contributed by atoms with Crippen LogP contribution in [-0.2, 0) is 11.2 Å². The summed E-state index contributed by atoms with van der Waals surface area (Å²) in [5.41, 5.74) is 2.49. The molecule has 0 aliphatic rings. The molecule has 1 atom stereocenters. The van der Waals surface area contributed by atoms with Gasteiger partial charge in [-0.1, -0.05) is 53.6 Å². The summed E-state index contributed by atoms with van der Waals surface area (Å²) in [5, 5.41) is 17.5. The molecule has 4 rings (SSSR count). The molecule has 0 spiro atoms. The normalized spacial score (nSPS) is 12.2. The quantitative estimate of drug-likeness (QED) is 0.401. The third-order valence-corrected chi connectivity index (χ3v) is 6.16. The highest BCUT2D eigenvalue weighted by atomic mass is 35.5. The molecule has 31 heavy (non-hydrogen) atoms. The molecule has 0 fully saturated rings. The summed E-state index contributed by atoms with van der Waals surface area (Å²) in [6.45, 7) is 5.60. The maximum atomic E-state index is 12.7. The summed E-state index contributed by atoms with van der Waals surface area (Å²) in [5.74, 6) is 0.910. The molecule has 0 saturated heterocycles.